The normalized spacial score (nSPS) is 13.2. The minimum absolute atomic E-state index is 0.416. The number of amides is 1. The first-order chi connectivity index (χ1) is 27.3. The molecule has 0 atom stereocenters. The van der Waals surface area contributed by atoms with Crippen molar-refractivity contribution in [2.75, 3.05) is 69.6 Å². The highest BCUT2D eigenvalue weighted by molar-refractivity contribution is 7.15. The second-order valence-corrected chi connectivity index (χ2v) is 17.2. The van der Waals surface area contributed by atoms with Gasteiger partial charge in [0.2, 0.25) is 0 Å². The molecular formula is C49H64BN3O4+2. The highest BCUT2D eigenvalue weighted by atomic mass is 16.6. The number of unbranched alkanes of at least 4 members (excludes halogenated alkanes) is 1. The van der Waals surface area contributed by atoms with Crippen LogP contribution in [0, 0.1) is 5.82 Å². The third-order valence-corrected chi connectivity index (χ3v) is 10.9. The molecule has 57 heavy (non-hydrogen) atoms. The standard InChI is InChI=1S/C25H39N3O4.C24H25B/c1-26(2)25(29)32-24-18-21(28(6,7)8)17-23(19-24)31-15-10-9-14-30-22-13-11-12-20(16-22)27(3,4)5;1-5-13-21(14-6-1)25(22-15-7-2-8-16-22,23-17-9-3-10-18-23)24-19-11-4-12-20-24/h11-13,16-19H,9-10,14-15H2,1-8H3;1-3,5-10,13-18H,4,11-12,19-20H2/q+2;. The maximum Gasteiger partial charge on any atom is 0.414 e. The number of ether oxygens (including phenoxy) is 3. The van der Waals surface area contributed by atoms with Crippen molar-refractivity contribution in [3.05, 3.63) is 139 Å². The van der Waals surface area contributed by atoms with Crippen molar-refractivity contribution in [1.82, 2.24) is 13.9 Å². The molecule has 0 radical (unpaired) electrons. The van der Waals surface area contributed by atoms with E-state index in [1.807, 2.05) is 24.3 Å². The lowest BCUT2D eigenvalue weighted by Gasteiger charge is -2.42. The molecule has 6 rings (SSSR count). The smallest absolute Gasteiger partial charge is 0.414 e. The van der Waals surface area contributed by atoms with Gasteiger partial charge < -0.3 is 19.1 Å². The van der Waals surface area contributed by atoms with Crippen LogP contribution in [0.2, 0.25) is 0 Å². The summed E-state index contributed by atoms with van der Waals surface area (Å²) in [4.78, 5) is 13.4. The molecule has 8 heteroatoms. The quantitative estimate of drug-likeness (QED) is 0.0492. The van der Waals surface area contributed by atoms with Crippen LogP contribution in [-0.4, -0.2) is 86.7 Å². The number of nitrogens with zero attached hydrogens (tertiary/aromatic N) is 3. The molecule has 1 aliphatic carbocycles. The fourth-order valence-electron chi connectivity index (χ4n) is 7.80. The number of quaternary nitrogens is 2. The van der Waals surface area contributed by atoms with E-state index in [4.69, 9.17) is 14.2 Å². The van der Waals surface area contributed by atoms with E-state index < -0.39 is 12.2 Å². The van der Waals surface area contributed by atoms with Gasteiger partial charge in [-0.25, -0.2) is 4.79 Å². The van der Waals surface area contributed by atoms with Crippen LogP contribution in [0.25, 0.3) is 0 Å². The molecule has 0 N–H and O–H groups in total. The van der Waals surface area contributed by atoms with E-state index in [1.165, 1.54) is 59.1 Å². The summed E-state index contributed by atoms with van der Waals surface area (Å²) in [6.07, 6.45) is 6.82. The number of hydrogen-bond donors (Lipinski definition) is 0. The number of hydrogen-bond acceptors (Lipinski definition) is 4. The van der Waals surface area contributed by atoms with E-state index >= 15 is 0 Å². The van der Waals surface area contributed by atoms with Gasteiger partial charge in [0.1, 0.15) is 28.6 Å². The Kier molecular flexibility index (Phi) is 14.9. The van der Waals surface area contributed by atoms with E-state index in [-0.39, 0.29) is 0 Å². The van der Waals surface area contributed by atoms with E-state index in [1.54, 1.807) is 26.0 Å². The number of carbonyl (C=O) groups excluding carboxylic acids is 1. The molecule has 5 aromatic rings. The molecule has 0 bridgehead atoms. The molecule has 0 heterocycles. The molecule has 7 nitrogen and oxygen atoms in total. The fourth-order valence-corrected chi connectivity index (χ4v) is 7.80. The molecule has 0 unspecified atom stereocenters. The Labute approximate surface area is 342 Å². The number of benzene rings is 5. The van der Waals surface area contributed by atoms with E-state index in [0.29, 0.717) is 29.2 Å². The van der Waals surface area contributed by atoms with Crippen LogP contribution in [-0.2, 0) is 0 Å². The lowest BCUT2D eigenvalue weighted by Crippen LogP contribution is -2.71. The van der Waals surface area contributed by atoms with Gasteiger partial charge in [-0.2, -0.15) is 16.4 Å². The Morgan fingerprint density at radius 1 is 0.561 bits per heavy atom. The third-order valence-electron chi connectivity index (χ3n) is 10.9. The van der Waals surface area contributed by atoms with Crippen LogP contribution in [0.5, 0.6) is 17.2 Å². The number of carbonyl (C=O) groups is 1. The molecule has 0 saturated heterocycles. The summed E-state index contributed by atoms with van der Waals surface area (Å²) in [6, 6.07) is 47.4. The van der Waals surface area contributed by atoms with Gasteiger partial charge in [-0.05, 0) is 44.2 Å². The highest BCUT2D eigenvalue weighted by Crippen LogP contribution is 2.34. The van der Waals surface area contributed by atoms with E-state index in [2.05, 4.69) is 145 Å². The molecule has 1 saturated carbocycles. The van der Waals surface area contributed by atoms with Gasteiger partial charge in [0.15, 0.2) is 0 Å². The molecule has 0 aliphatic heterocycles. The maximum absolute atomic E-state index is 12.0. The molecule has 5 aromatic carbocycles. The van der Waals surface area contributed by atoms with Crippen LogP contribution in [0.1, 0.15) is 44.9 Å². The number of rotatable bonds is 14. The van der Waals surface area contributed by atoms with Gasteiger partial charge in [-0.15, -0.1) is 0 Å². The molecule has 0 aromatic heterocycles. The Morgan fingerprint density at radius 3 is 1.49 bits per heavy atom. The van der Waals surface area contributed by atoms with Gasteiger partial charge in [-0.1, -0.05) is 103 Å². The highest BCUT2D eigenvalue weighted by Gasteiger charge is 2.47. The predicted octanol–water partition coefficient (Wildman–Crippen LogP) is 8.61. The Hall–Kier alpha value is -5.18. The molecule has 1 fully saturated rings. The van der Waals surface area contributed by atoms with E-state index in [9.17, 15) is 4.79 Å². The van der Waals surface area contributed by atoms with Gasteiger partial charge in [0, 0.05) is 51.2 Å². The van der Waals surface area contributed by atoms with Gasteiger partial charge >= 0.3 is 6.09 Å². The zero-order valence-electron chi connectivity index (χ0n) is 35.6. The molecule has 1 aliphatic rings. The second kappa shape index (κ2) is 19.8. The summed E-state index contributed by atoms with van der Waals surface area (Å²) < 4.78 is 18.7. The molecule has 0 spiro atoms. The van der Waals surface area contributed by atoms with Crippen LogP contribution >= 0.6 is 0 Å². The third kappa shape index (κ3) is 11.7. The van der Waals surface area contributed by atoms with Crippen LogP contribution in [0.4, 0.5) is 16.2 Å². The van der Waals surface area contributed by atoms with Crippen LogP contribution in [0.3, 0.4) is 0 Å². The zero-order chi connectivity index (χ0) is 40.9. The Bertz CT molecular complexity index is 1870. The SMILES string of the molecule is CN(C)C(=O)Oc1cc(OCCCCOc2cccc([N+](C)(C)C)c2)cc([N+](C)(C)C)c1.c1ccc([B-](c2ccccc2)(c2ccccc2)[C+]2CCCCC2)cc1. The van der Waals surface area contributed by atoms with Crippen molar-refractivity contribution < 1.29 is 19.0 Å². The average Bonchev–Trinajstić information content (AvgIpc) is 3.21. The van der Waals surface area contributed by atoms with Crippen molar-refractivity contribution in [1.29, 1.82) is 0 Å². The fraction of sp³-hybridized carbons (Fsp3) is 0.347. The van der Waals surface area contributed by atoms with Gasteiger partial charge in [0.05, 0.1) is 55.5 Å². The maximum atomic E-state index is 12.0. The van der Waals surface area contributed by atoms with Gasteiger partial charge in [-0.3, -0.25) is 8.97 Å². The van der Waals surface area contributed by atoms with Crippen molar-refractivity contribution in [3.8, 4) is 17.2 Å². The topological polar surface area (TPSA) is 48.0 Å². The van der Waals surface area contributed by atoms with Gasteiger partial charge in [0.25, 0.3) is 6.15 Å². The summed E-state index contributed by atoms with van der Waals surface area (Å²) in [5.41, 5.74) is 6.56. The van der Waals surface area contributed by atoms with Crippen molar-refractivity contribution in [3.63, 3.8) is 0 Å². The lowest BCUT2D eigenvalue weighted by atomic mass is 9.10. The predicted molar refractivity (Wildman–Crippen MR) is 242 cm³/mol. The first-order valence-electron chi connectivity index (χ1n) is 20.5. The summed E-state index contributed by atoms with van der Waals surface area (Å²) in [7, 11) is 15.9. The first kappa shape index (κ1) is 43.0. The van der Waals surface area contributed by atoms with Crippen LogP contribution < -0.4 is 39.6 Å². The summed E-state index contributed by atoms with van der Waals surface area (Å²) in [5.74, 6) is 3.78. The minimum atomic E-state index is -1.02. The second-order valence-electron chi connectivity index (χ2n) is 17.2. The first-order valence-corrected chi connectivity index (χ1v) is 20.5. The Morgan fingerprint density at radius 2 is 1.02 bits per heavy atom. The van der Waals surface area contributed by atoms with Crippen molar-refractivity contribution in [2.24, 2.45) is 0 Å². The monoisotopic (exact) mass is 769 g/mol. The largest absolute Gasteiger partial charge is 0.493 e. The van der Waals surface area contributed by atoms with Crippen molar-refractivity contribution >= 4 is 40.0 Å². The summed E-state index contributed by atoms with van der Waals surface area (Å²) in [6.45, 7) is 1.19. The molecule has 1 amide bonds. The molecular weight excluding hydrogens is 705 g/mol. The van der Waals surface area contributed by atoms with Crippen molar-refractivity contribution in [2.45, 2.75) is 44.9 Å². The summed E-state index contributed by atoms with van der Waals surface area (Å²) >= 11 is 0. The molecule has 300 valence electrons. The Balaban J connectivity index is 0.000000223. The minimum Gasteiger partial charge on any atom is -0.493 e. The van der Waals surface area contributed by atoms with Crippen LogP contribution in [0.15, 0.2) is 133 Å². The zero-order valence-corrected chi connectivity index (χ0v) is 35.6. The average molecular weight is 770 g/mol. The summed E-state index contributed by atoms with van der Waals surface area (Å²) in [5, 5.41) is 0. The lowest BCUT2D eigenvalue weighted by molar-refractivity contribution is 0.171. The van der Waals surface area contributed by atoms with E-state index in [0.717, 1.165) is 28.8 Å².